The molecule has 0 spiro atoms. The smallest absolute Gasteiger partial charge is 0.339 e. The minimum absolute atomic E-state index is 0.152. The fraction of sp³-hybridized carbons (Fsp3) is 0.238. The molecule has 28 heavy (non-hydrogen) atoms. The van der Waals surface area contributed by atoms with Crippen LogP contribution in [0.5, 0.6) is 5.75 Å². The predicted molar refractivity (Wildman–Crippen MR) is 109 cm³/mol. The summed E-state index contributed by atoms with van der Waals surface area (Å²) in [6.45, 7) is 7.81. The van der Waals surface area contributed by atoms with Gasteiger partial charge in [0.05, 0.1) is 5.69 Å². The molecule has 7 heteroatoms. The highest BCUT2D eigenvalue weighted by molar-refractivity contribution is 5.99. The van der Waals surface area contributed by atoms with Crippen molar-refractivity contribution in [3.05, 3.63) is 71.8 Å². The number of nitrogens with one attached hydrogen (secondary N) is 1. The number of halogens is 1. The van der Waals surface area contributed by atoms with Crippen LogP contribution in [0, 0.1) is 0 Å². The van der Waals surface area contributed by atoms with Crippen LogP contribution >= 0.6 is 0 Å². The zero-order valence-electron chi connectivity index (χ0n) is 16.2. The fourth-order valence-electron chi connectivity index (χ4n) is 2.55. The first-order chi connectivity index (χ1) is 13.3. The van der Waals surface area contributed by atoms with Gasteiger partial charge in [-0.25, -0.2) is 4.79 Å². The summed E-state index contributed by atoms with van der Waals surface area (Å²) in [4.78, 5) is 19.4. The lowest BCUT2D eigenvalue weighted by Gasteiger charge is -2.09. The molecule has 2 aromatic rings. The molecule has 0 saturated heterocycles. The normalized spacial score (nSPS) is 12.0. The number of aromatic carboxylic acids is 1. The minimum Gasteiger partial charge on any atom is -0.478 e. The zero-order chi connectivity index (χ0) is 20.7. The van der Waals surface area contributed by atoms with E-state index in [0.29, 0.717) is 12.1 Å². The summed E-state index contributed by atoms with van der Waals surface area (Å²) in [6, 6.07) is 6.55. The number of aliphatic imine (C=N–C) groups is 1. The van der Waals surface area contributed by atoms with Gasteiger partial charge in [-0.2, -0.15) is 0 Å². The lowest BCUT2D eigenvalue weighted by molar-refractivity contribution is -0.00620. The largest absolute Gasteiger partial charge is 0.478 e. The van der Waals surface area contributed by atoms with E-state index in [2.05, 4.69) is 21.8 Å². The Balaban J connectivity index is 1.92. The summed E-state index contributed by atoms with van der Waals surface area (Å²) in [7, 11) is 1.77. The molecule has 2 N–H and O–H groups in total. The third kappa shape index (κ3) is 5.84. The molecule has 6 nitrogen and oxygen atoms in total. The fourth-order valence-corrected chi connectivity index (χ4v) is 2.55. The number of aryl methyl sites for hydroxylation is 1. The molecule has 0 unspecified atom stereocenters. The van der Waals surface area contributed by atoms with Crippen molar-refractivity contribution in [1.82, 2.24) is 4.57 Å². The standard InChI is InChI=1S/C21H24FN3O3/c1-14(11-23-16(3)17-7-9-18(28-22)10-8-17)5-6-15(2)24-20-13-25(4)12-19(20)21(26)27/h7-13,24H,2,5-6H2,1,3-4H3,(H,26,27)/b14-11+,23-16?. The van der Waals surface area contributed by atoms with Crippen LogP contribution in [-0.4, -0.2) is 21.4 Å². The van der Waals surface area contributed by atoms with Crippen molar-refractivity contribution in [2.45, 2.75) is 26.7 Å². The summed E-state index contributed by atoms with van der Waals surface area (Å²) < 4.78 is 13.8. The van der Waals surface area contributed by atoms with E-state index in [4.69, 9.17) is 0 Å². The molecule has 0 saturated carbocycles. The SMILES string of the molecule is C=C(CC/C(C)=C/N=C(C)c1ccc(OF)cc1)Nc1cn(C)cc1C(=O)O. The van der Waals surface area contributed by atoms with E-state index in [1.54, 1.807) is 42.3 Å². The van der Waals surface area contributed by atoms with Gasteiger partial charge in [-0.15, -0.1) is 0 Å². The van der Waals surface area contributed by atoms with Crippen LogP contribution in [0.2, 0.25) is 0 Å². The number of carboxylic acid groups (broad SMARTS) is 1. The number of rotatable bonds is 9. The molecule has 0 atom stereocenters. The quantitative estimate of drug-likeness (QED) is 0.589. The lowest BCUT2D eigenvalue weighted by atomic mass is 10.1. The number of carbonyl (C=O) groups is 1. The second-order valence-corrected chi connectivity index (χ2v) is 6.58. The van der Waals surface area contributed by atoms with Gasteiger partial charge in [0.25, 0.3) is 0 Å². The Morgan fingerprint density at radius 1 is 1.29 bits per heavy atom. The van der Waals surface area contributed by atoms with Gasteiger partial charge in [0, 0.05) is 41.6 Å². The second kappa shape index (κ2) is 9.55. The van der Waals surface area contributed by atoms with Crippen LogP contribution in [0.3, 0.4) is 0 Å². The van der Waals surface area contributed by atoms with Gasteiger partial charge in [0.2, 0.25) is 0 Å². The highest BCUT2D eigenvalue weighted by atomic mass is 19.3. The van der Waals surface area contributed by atoms with Crippen molar-refractivity contribution < 1.29 is 19.4 Å². The van der Waals surface area contributed by atoms with Gasteiger partial charge in [0.1, 0.15) is 5.56 Å². The van der Waals surface area contributed by atoms with Gasteiger partial charge in [-0.05, 0) is 56.5 Å². The molecule has 0 aliphatic rings. The minimum atomic E-state index is -0.983. The summed E-state index contributed by atoms with van der Waals surface area (Å²) in [5.74, 6) is -0.832. The number of anilines is 1. The van der Waals surface area contributed by atoms with E-state index in [9.17, 15) is 14.4 Å². The molecule has 0 fully saturated rings. The van der Waals surface area contributed by atoms with Gasteiger partial charge >= 0.3 is 5.97 Å². The van der Waals surface area contributed by atoms with E-state index < -0.39 is 5.97 Å². The van der Waals surface area contributed by atoms with Crippen LogP contribution in [0.1, 0.15) is 42.6 Å². The van der Waals surface area contributed by atoms with E-state index in [0.717, 1.165) is 29.0 Å². The first-order valence-electron chi connectivity index (χ1n) is 8.73. The number of hydrogen-bond donors (Lipinski definition) is 2. The number of aromatic nitrogens is 1. The summed E-state index contributed by atoms with van der Waals surface area (Å²) in [5, 5.41) is 12.3. The Labute approximate surface area is 163 Å². The molecule has 0 aliphatic heterocycles. The van der Waals surface area contributed by atoms with Crippen LogP contribution < -0.4 is 10.3 Å². The van der Waals surface area contributed by atoms with E-state index in [1.807, 2.05) is 13.8 Å². The predicted octanol–water partition coefficient (Wildman–Crippen LogP) is 5.11. The summed E-state index contributed by atoms with van der Waals surface area (Å²) >= 11 is 0. The van der Waals surface area contributed by atoms with Gasteiger partial charge in [-0.3, -0.25) is 9.93 Å². The van der Waals surface area contributed by atoms with Crippen molar-refractivity contribution in [3.63, 3.8) is 0 Å². The Morgan fingerprint density at radius 3 is 2.57 bits per heavy atom. The van der Waals surface area contributed by atoms with Gasteiger partial charge < -0.3 is 15.0 Å². The van der Waals surface area contributed by atoms with Crippen molar-refractivity contribution in [2.24, 2.45) is 12.0 Å². The van der Waals surface area contributed by atoms with Crippen LogP contribution in [-0.2, 0) is 7.05 Å². The third-order valence-corrected chi connectivity index (χ3v) is 4.16. The molecular formula is C21H24FN3O3. The first-order valence-corrected chi connectivity index (χ1v) is 8.73. The molecule has 1 aromatic carbocycles. The van der Waals surface area contributed by atoms with E-state index >= 15 is 0 Å². The number of nitrogens with zero attached hydrogens (tertiary/aromatic N) is 2. The maximum Gasteiger partial charge on any atom is 0.339 e. The average molecular weight is 385 g/mol. The molecular weight excluding hydrogens is 361 g/mol. The average Bonchev–Trinajstić information content (AvgIpc) is 3.04. The van der Waals surface area contributed by atoms with E-state index in [1.165, 1.54) is 12.1 Å². The molecule has 0 bridgehead atoms. The first kappa shape index (κ1) is 21.0. The number of benzene rings is 1. The summed E-state index contributed by atoms with van der Waals surface area (Å²) in [5.41, 5.74) is 4.19. The lowest BCUT2D eigenvalue weighted by Crippen LogP contribution is -2.03. The number of hydrogen-bond acceptors (Lipinski definition) is 4. The Kier molecular flexibility index (Phi) is 7.14. The molecule has 0 aliphatic carbocycles. The molecule has 2 rings (SSSR count). The van der Waals surface area contributed by atoms with Gasteiger partial charge in [-0.1, -0.05) is 12.2 Å². The maximum atomic E-state index is 12.1. The molecule has 1 heterocycles. The van der Waals surface area contributed by atoms with E-state index in [-0.39, 0.29) is 11.3 Å². The molecule has 1 aromatic heterocycles. The van der Waals surface area contributed by atoms with Crippen molar-refractivity contribution in [1.29, 1.82) is 0 Å². The topological polar surface area (TPSA) is 75.8 Å². The van der Waals surface area contributed by atoms with Crippen molar-refractivity contribution >= 4 is 17.4 Å². The maximum absolute atomic E-state index is 12.1. The highest BCUT2D eigenvalue weighted by Gasteiger charge is 2.12. The van der Waals surface area contributed by atoms with Crippen molar-refractivity contribution in [2.75, 3.05) is 5.32 Å². The monoisotopic (exact) mass is 385 g/mol. The number of allylic oxidation sites excluding steroid dienone is 2. The Hall–Kier alpha value is -3.35. The highest BCUT2D eigenvalue weighted by Crippen LogP contribution is 2.20. The summed E-state index contributed by atoms with van der Waals surface area (Å²) in [6.07, 6.45) is 6.42. The second-order valence-electron chi connectivity index (χ2n) is 6.58. The molecule has 0 radical (unpaired) electrons. The number of carboxylic acids is 1. The van der Waals surface area contributed by atoms with Crippen molar-refractivity contribution in [3.8, 4) is 5.75 Å². The Bertz CT molecular complexity index is 911. The van der Waals surface area contributed by atoms with Gasteiger partial charge in [0.15, 0.2) is 5.75 Å². The van der Waals surface area contributed by atoms with Crippen LogP contribution in [0.4, 0.5) is 10.2 Å². The molecule has 0 amide bonds. The van der Waals surface area contributed by atoms with Crippen LogP contribution in [0.25, 0.3) is 0 Å². The van der Waals surface area contributed by atoms with Crippen LogP contribution in [0.15, 0.2) is 65.7 Å². The molecule has 148 valence electrons. The third-order valence-electron chi connectivity index (χ3n) is 4.16. The zero-order valence-corrected chi connectivity index (χ0v) is 16.2. The Morgan fingerprint density at radius 2 is 1.96 bits per heavy atom.